The summed E-state index contributed by atoms with van der Waals surface area (Å²) in [6, 6.07) is -0.313. The molecular formula is C12H23N5O. The fourth-order valence-electron chi connectivity index (χ4n) is 1.58. The molecule has 1 atom stereocenters. The van der Waals surface area contributed by atoms with Gasteiger partial charge in [-0.15, -0.1) is 5.10 Å². The summed E-state index contributed by atoms with van der Waals surface area (Å²) in [5.74, 6) is -0.0183. The molecule has 3 N–H and O–H groups in total. The minimum atomic E-state index is -0.313. The number of aryl methyl sites for hydroxylation is 1. The highest BCUT2D eigenvalue weighted by molar-refractivity contribution is 5.79. The third-order valence-corrected chi connectivity index (χ3v) is 2.77. The van der Waals surface area contributed by atoms with Gasteiger partial charge in [-0.2, -0.15) is 0 Å². The third-order valence-electron chi connectivity index (χ3n) is 2.77. The number of nitrogens with two attached hydrogens (primary N) is 1. The molecule has 6 nitrogen and oxygen atoms in total. The number of rotatable bonds is 8. The summed E-state index contributed by atoms with van der Waals surface area (Å²) in [5.41, 5.74) is 6.35. The molecule has 0 bridgehead atoms. The first kappa shape index (κ1) is 14.6. The zero-order valence-corrected chi connectivity index (χ0v) is 11.2. The Morgan fingerprint density at radius 3 is 3.00 bits per heavy atom. The molecule has 0 saturated carbocycles. The molecule has 0 aliphatic carbocycles. The molecule has 0 aromatic carbocycles. The highest BCUT2D eigenvalue weighted by Gasteiger charge is 2.15. The largest absolute Gasteiger partial charge is 0.354 e. The average molecular weight is 253 g/mol. The Morgan fingerprint density at radius 2 is 2.33 bits per heavy atom. The highest BCUT2D eigenvalue weighted by atomic mass is 16.2. The number of nitrogens with one attached hydrogen (secondary N) is 1. The Morgan fingerprint density at radius 1 is 1.56 bits per heavy atom. The van der Waals surface area contributed by atoms with Crippen molar-refractivity contribution >= 4 is 5.91 Å². The number of carbonyl (C=O) groups is 1. The lowest BCUT2D eigenvalue weighted by molar-refractivity contribution is -0.124. The van der Waals surface area contributed by atoms with E-state index in [2.05, 4.69) is 15.6 Å². The van der Waals surface area contributed by atoms with Crippen LogP contribution < -0.4 is 11.1 Å². The van der Waals surface area contributed by atoms with Crippen molar-refractivity contribution in [2.75, 3.05) is 13.1 Å². The van der Waals surface area contributed by atoms with Gasteiger partial charge in [-0.05, 0) is 39.2 Å². The number of hydrogen-bond acceptors (Lipinski definition) is 4. The van der Waals surface area contributed by atoms with Crippen LogP contribution in [0, 0.1) is 0 Å². The van der Waals surface area contributed by atoms with Crippen molar-refractivity contribution in [1.82, 2.24) is 20.3 Å². The molecule has 102 valence electrons. The van der Waals surface area contributed by atoms with Crippen LogP contribution >= 0.6 is 0 Å². The molecule has 0 aliphatic rings. The second-order valence-electron chi connectivity index (χ2n) is 4.40. The predicted octanol–water partition coefficient (Wildman–Crippen LogP) is 0.647. The van der Waals surface area contributed by atoms with Gasteiger partial charge < -0.3 is 11.1 Å². The van der Waals surface area contributed by atoms with Gasteiger partial charge in [0.25, 0.3) is 0 Å². The minimum absolute atomic E-state index is 0.0183. The first-order chi connectivity index (χ1) is 8.69. The van der Waals surface area contributed by atoms with E-state index in [4.69, 9.17) is 5.73 Å². The molecule has 0 saturated heterocycles. The maximum atomic E-state index is 11.8. The lowest BCUT2D eigenvalue weighted by Crippen LogP contribution is -2.31. The molecule has 1 amide bonds. The SMILES string of the molecule is CCCNC(=O)C(C)n1cc(CCCCN)nn1. The number of unbranched alkanes of at least 4 members (excludes halogenated alkanes) is 1. The van der Waals surface area contributed by atoms with Crippen LogP contribution in [0.2, 0.25) is 0 Å². The van der Waals surface area contributed by atoms with Gasteiger partial charge in [0.2, 0.25) is 5.91 Å². The molecule has 0 aliphatic heterocycles. The zero-order valence-electron chi connectivity index (χ0n) is 11.2. The Bertz CT molecular complexity index is 363. The monoisotopic (exact) mass is 253 g/mol. The first-order valence-electron chi connectivity index (χ1n) is 6.57. The van der Waals surface area contributed by atoms with Crippen LogP contribution in [-0.4, -0.2) is 34.0 Å². The highest BCUT2D eigenvalue weighted by Crippen LogP contribution is 2.06. The van der Waals surface area contributed by atoms with Crippen molar-refractivity contribution in [3.05, 3.63) is 11.9 Å². The number of nitrogens with zero attached hydrogens (tertiary/aromatic N) is 3. The number of amides is 1. The molecule has 6 heteroatoms. The van der Waals surface area contributed by atoms with Crippen LogP contribution in [0.1, 0.15) is 44.8 Å². The number of carbonyl (C=O) groups excluding carboxylic acids is 1. The van der Waals surface area contributed by atoms with E-state index in [1.54, 1.807) is 4.68 Å². The number of aromatic nitrogens is 3. The molecule has 1 rings (SSSR count). The molecule has 1 unspecified atom stereocenters. The Balaban J connectivity index is 2.48. The van der Waals surface area contributed by atoms with Gasteiger partial charge in [-0.25, -0.2) is 4.68 Å². The Labute approximate surface area is 108 Å². The molecule has 0 radical (unpaired) electrons. The van der Waals surface area contributed by atoms with E-state index in [1.165, 1.54) is 0 Å². The van der Waals surface area contributed by atoms with Gasteiger partial charge in [0.15, 0.2) is 0 Å². The second kappa shape index (κ2) is 7.81. The van der Waals surface area contributed by atoms with Crippen molar-refractivity contribution in [3.8, 4) is 0 Å². The Hall–Kier alpha value is -1.43. The summed E-state index contributed by atoms with van der Waals surface area (Å²) in [4.78, 5) is 11.8. The average Bonchev–Trinajstić information content (AvgIpc) is 2.84. The van der Waals surface area contributed by atoms with Gasteiger partial charge in [0, 0.05) is 12.7 Å². The normalized spacial score (nSPS) is 12.4. The molecule has 1 heterocycles. The van der Waals surface area contributed by atoms with Crippen molar-refractivity contribution in [1.29, 1.82) is 0 Å². The van der Waals surface area contributed by atoms with Crippen molar-refractivity contribution in [3.63, 3.8) is 0 Å². The van der Waals surface area contributed by atoms with Crippen LogP contribution in [0.3, 0.4) is 0 Å². The molecular weight excluding hydrogens is 230 g/mol. The first-order valence-corrected chi connectivity index (χ1v) is 6.57. The Kier molecular flexibility index (Phi) is 6.35. The summed E-state index contributed by atoms with van der Waals surface area (Å²) in [5, 5.41) is 10.9. The molecule has 0 spiro atoms. The van der Waals surface area contributed by atoms with E-state index in [-0.39, 0.29) is 11.9 Å². The molecule has 0 fully saturated rings. The van der Waals surface area contributed by atoms with E-state index < -0.39 is 0 Å². The van der Waals surface area contributed by atoms with E-state index >= 15 is 0 Å². The summed E-state index contributed by atoms with van der Waals surface area (Å²) in [6.07, 6.45) is 5.62. The van der Waals surface area contributed by atoms with Gasteiger partial charge >= 0.3 is 0 Å². The lowest BCUT2D eigenvalue weighted by Gasteiger charge is -2.10. The molecule has 18 heavy (non-hydrogen) atoms. The summed E-state index contributed by atoms with van der Waals surface area (Å²) < 4.78 is 1.61. The second-order valence-corrected chi connectivity index (χ2v) is 4.40. The van der Waals surface area contributed by atoms with Crippen LogP contribution in [0.5, 0.6) is 0 Å². The fraction of sp³-hybridized carbons (Fsp3) is 0.750. The predicted molar refractivity (Wildman–Crippen MR) is 70.0 cm³/mol. The van der Waals surface area contributed by atoms with Crippen molar-refractivity contribution in [2.45, 2.75) is 45.6 Å². The summed E-state index contributed by atoms with van der Waals surface area (Å²) in [6.45, 7) is 5.24. The minimum Gasteiger partial charge on any atom is -0.354 e. The van der Waals surface area contributed by atoms with Gasteiger partial charge in [0.05, 0.1) is 5.69 Å². The van der Waals surface area contributed by atoms with E-state index in [1.807, 2.05) is 20.0 Å². The van der Waals surface area contributed by atoms with E-state index in [9.17, 15) is 4.79 Å². The zero-order chi connectivity index (χ0) is 13.4. The van der Waals surface area contributed by atoms with E-state index in [0.29, 0.717) is 13.1 Å². The number of hydrogen-bond donors (Lipinski definition) is 2. The smallest absolute Gasteiger partial charge is 0.244 e. The summed E-state index contributed by atoms with van der Waals surface area (Å²) >= 11 is 0. The molecule has 1 aromatic rings. The topological polar surface area (TPSA) is 85.8 Å². The van der Waals surface area contributed by atoms with Crippen LogP contribution in [0.4, 0.5) is 0 Å². The third kappa shape index (κ3) is 4.44. The fourth-order valence-corrected chi connectivity index (χ4v) is 1.58. The summed E-state index contributed by atoms with van der Waals surface area (Å²) in [7, 11) is 0. The van der Waals surface area contributed by atoms with Crippen molar-refractivity contribution < 1.29 is 4.79 Å². The van der Waals surface area contributed by atoms with Gasteiger partial charge in [0.1, 0.15) is 6.04 Å². The van der Waals surface area contributed by atoms with Crippen molar-refractivity contribution in [2.24, 2.45) is 5.73 Å². The molecule has 1 aromatic heterocycles. The standard InChI is InChI=1S/C12H23N5O/c1-3-8-14-12(18)10(2)17-9-11(15-16-17)6-4-5-7-13/h9-10H,3-8,13H2,1-2H3,(H,14,18). The quantitative estimate of drug-likeness (QED) is 0.666. The maximum absolute atomic E-state index is 11.8. The lowest BCUT2D eigenvalue weighted by atomic mass is 10.2. The maximum Gasteiger partial charge on any atom is 0.244 e. The van der Waals surface area contributed by atoms with Crippen LogP contribution in [-0.2, 0) is 11.2 Å². The van der Waals surface area contributed by atoms with Gasteiger partial charge in [-0.3, -0.25) is 4.79 Å². The van der Waals surface area contributed by atoms with Gasteiger partial charge in [-0.1, -0.05) is 12.1 Å². The van der Waals surface area contributed by atoms with Crippen LogP contribution in [0.15, 0.2) is 6.20 Å². The van der Waals surface area contributed by atoms with Crippen LogP contribution in [0.25, 0.3) is 0 Å². The van der Waals surface area contributed by atoms with E-state index in [0.717, 1.165) is 31.4 Å².